The monoisotopic (exact) mass is 244 g/mol. The number of aryl methyl sites for hydroxylation is 2. The van der Waals surface area contributed by atoms with Crippen molar-refractivity contribution in [2.24, 2.45) is 0 Å². The number of aromatic amines is 1. The second-order valence-corrected chi connectivity index (χ2v) is 4.78. The molecule has 0 bridgehead atoms. The van der Waals surface area contributed by atoms with Gasteiger partial charge in [-0.2, -0.15) is 5.10 Å². The molecule has 0 radical (unpaired) electrons. The van der Waals surface area contributed by atoms with Crippen LogP contribution < -0.4 is 5.32 Å². The standard InChI is InChI=1S/C14H20N4/c1-10-6-11(2)8-13(7-10)12(3)15-5-4-14-16-9-17-18-14/h6-9,12,15H,4-5H2,1-3H3,(H,16,17,18). The second-order valence-electron chi connectivity index (χ2n) is 4.78. The highest BCUT2D eigenvalue weighted by molar-refractivity contribution is 5.30. The van der Waals surface area contributed by atoms with Gasteiger partial charge in [0.15, 0.2) is 0 Å². The Balaban J connectivity index is 1.89. The lowest BCUT2D eigenvalue weighted by Gasteiger charge is -2.15. The van der Waals surface area contributed by atoms with Crippen molar-refractivity contribution in [1.82, 2.24) is 20.5 Å². The first-order valence-electron chi connectivity index (χ1n) is 6.31. The molecule has 1 atom stereocenters. The van der Waals surface area contributed by atoms with Crippen LogP contribution in [0.5, 0.6) is 0 Å². The van der Waals surface area contributed by atoms with Crippen LogP contribution in [0.1, 0.15) is 35.5 Å². The third-order valence-electron chi connectivity index (χ3n) is 3.02. The zero-order valence-electron chi connectivity index (χ0n) is 11.2. The van der Waals surface area contributed by atoms with Gasteiger partial charge in [0.1, 0.15) is 12.2 Å². The van der Waals surface area contributed by atoms with Gasteiger partial charge in [-0.1, -0.05) is 29.3 Å². The molecule has 0 aliphatic heterocycles. The van der Waals surface area contributed by atoms with E-state index in [0.29, 0.717) is 6.04 Å². The van der Waals surface area contributed by atoms with Gasteiger partial charge in [-0.05, 0) is 26.3 Å². The van der Waals surface area contributed by atoms with E-state index in [1.54, 1.807) is 6.33 Å². The minimum Gasteiger partial charge on any atom is -0.310 e. The first kappa shape index (κ1) is 12.8. The normalized spacial score (nSPS) is 12.6. The summed E-state index contributed by atoms with van der Waals surface area (Å²) in [5.41, 5.74) is 3.97. The molecule has 0 spiro atoms. The summed E-state index contributed by atoms with van der Waals surface area (Å²) < 4.78 is 0. The largest absolute Gasteiger partial charge is 0.310 e. The van der Waals surface area contributed by atoms with E-state index in [1.807, 2.05) is 0 Å². The molecule has 0 amide bonds. The maximum absolute atomic E-state index is 4.11. The number of aromatic nitrogens is 3. The Bertz CT molecular complexity index is 470. The molecule has 0 aliphatic rings. The molecule has 2 rings (SSSR count). The summed E-state index contributed by atoms with van der Waals surface area (Å²) >= 11 is 0. The number of hydrogen-bond acceptors (Lipinski definition) is 3. The highest BCUT2D eigenvalue weighted by Crippen LogP contribution is 2.16. The molecule has 1 aromatic carbocycles. The highest BCUT2D eigenvalue weighted by Gasteiger charge is 2.06. The van der Waals surface area contributed by atoms with Gasteiger partial charge in [0.05, 0.1) is 0 Å². The van der Waals surface area contributed by atoms with Crippen molar-refractivity contribution in [2.45, 2.75) is 33.2 Å². The zero-order chi connectivity index (χ0) is 13.0. The van der Waals surface area contributed by atoms with Crippen molar-refractivity contribution in [3.05, 3.63) is 47.0 Å². The maximum Gasteiger partial charge on any atom is 0.137 e. The van der Waals surface area contributed by atoms with Crippen molar-refractivity contribution in [3.63, 3.8) is 0 Å². The Kier molecular flexibility index (Phi) is 4.10. The summed E-state index contributed by atoms with van der Waals surface area (Å²) in [5, 5.41) is 10.2. The van der Waals surface area contributed by atoms with Gasteiger partial charge in [-0.15, -0.1) is 0 Å². The second kappa shape index (κ2) is 5.78. The Morgan fingerprint density at radius 1 is 1.22 bits per heavy atom. The Morgan fingerprint density at radius 2 is 1.94 bits per heavy atom. The Morgan fingerprint density at radius 3 is 2.56 bits per heavy atom. The van der Waals surface area contributed by atoms with E-state index in [2.05, 4.69) is 59.5 Å². The lowest BCUT2D eigenvalue weighted by atomic mass is 10.0. The van der Waals surface area contributed by atoms with Crippen molar-refractivity contribution >= 4 is 0 Å². The van der Waals surface area contributed by atoms with E-state index in [9.17, 15) is 0 Å². The first-order valence-corrected chi connectivity index (χ1v) is 6.31. The number of benzene rings is 1. The highest BCUT2D eigenvalue weighted by atomic mass is 15.2. The van der Waals surface area contributed by atoms with Gasteiger partial charge in [0.2, 0.25) is 0 Å². The van der Waals surface area contributed by atoms with E-state index < -0.39 is 0 Å². The molecular weight excluding hydrogens is 224 g/mol. The third kappa shape index (κ3) is 3.40. The quantitative estimate of drug-likeness (QED) is 0.848. The van der Waals surface area contributed by atoms with Crippen LogP contribution in [-0.4, -0.2) is 21.7 Å². The molecule has 0 fully saturated rings. The van der Waals surface area contributed by atoms with Gasteiger partial charge >= 0.3 is 0 Å². The molecule has 96 valence electrons. The van der Waals surface area contributed by atoms with E-state index in [1.165, 1.54) is 16.7 Å². The molecule has 18 heavy (non-hydrogen) atoms. The van der Waals surface area contributed by atoms with Crippen LogP contribution in [0.4, 0.5) is 0 Å². The van der Waals surface area contributed by atoms with Crippen molar-refractivity contribution in [1.29, 1.82) is 0 Å². The van der Waals surface area contributed by atoms with Crippen molar-refractivity contribution in [3.8, 4) is 0 Å². The molecular formula is C14H20N4. The summed E-state index contributed by atoms with van der Waals surface area (Å²) in [7, 11) is 0. The molecule has 4 nitrogen and oxygen atoms in total. The summed E-state index contributed by atoms with van der Waals surface area (Å²) in [4.78, 5) is 4.11. The Labute approximate surface area is 108 Å². The number of H-pyrrole nitrogens is 1. The van der Waals surface area contributed by atoms with Crippen LogP contribution in [0.15, 0.2) is 24.5 Å². The SMILES string of the molecule is Cc1cc(C)cc(C(C)NCCc2ncn[nH]2)c1. The first-order chi connectivity index (χ1) is 8.65. The molecule has 2 N–H and O–H groups in total. The fourth-order valence-electron chi connectivity index (χ4n) is 2.14. The van der Waals surface area contributed by atoms with Gasteiger partial charge < -0.3 is 5.32 Å². The summed E-state index contributed by atoms with van der Waals surface area (Å²) in [6.07, 6.45) is 2.41. The van der Waals surface area contributed by atoms with Crippen LogP contribution >= 0.6 is 0 Å². The lowest BCUT2D eigenvalue weighted by molar-refractivity contribution is 0.570. The number of rotatable bonds is 5. The zero-order valence-corrected chi connectivity index (χ0v) is 11.2. The molecule has 0 saturated carbocycles. The molecule has 1 aromatic heterocycles. The van der Waals surface area contributed by atoms with Gasteiger partial charge in [-0.3, -0.25) is 5.10 Å². The van der Waals surface area contributed by atoms with Gasteiger partial charge in [-0.25, -0.2) is 4.98 Å². The maximum atomic E-state index is 4.11. The average molecular weight is 244 g/mol. The van der Waals surface area contributed by atoms with Crippen molar-refractivity contribution < 1.29 is 0 Å². The van der Waals surface area contributed by atoms with Crippen LogP contribution in [-0.2, 0) is 6.42 Å². The minimum absolute atomic E-state index is 0.353. The Hall–Kier alpha value is -1.68. The minimum atomic E-state index is 0.353. The molecule has 0 saturated heterocycles. The van der Waals surface area contributed by atoms with Gasteiger partial charge in [0, 0.05) is 19.0 Å². The number of nitrogens with one attached hydrogen (secondary N) is 2. The lowest BCUT2D eigenvalue weighted by Crippen LogP contribution is -2.21. The van der Waals surface area contributed by atoms with E-state index in [4.69, 9.17) is 0 Å². The summed E-state index contributed by atoms with van der Waals surface area (Å²) in [6, 6.07) is 7.02. The predicted molar refractivity (Wildman–Crippen MR) is 72.4 cm³/mol. The molecule has 4 heteroatoms. The van der Waals surface area contributed by atoms with Crippen LogP contribution in [0.3, 0.4) is 0 Å². The topological polar surface area (TPSA) is 53.6 Å². The summed E-state index contributed by atoms with van der Waals surface area (Å²) in [5.74, 6) is 0.926. The number of hydrogen-bond donors (Lipinski definition) is 2. The smallest absolute Gasteiger partial charge is 0.137 e. The fourth-order valence-corrected chi connectivity index (χ4v) is 2.14. The van der Waals surface area contributed by atoms with Crippen LogP contribution in [0.2, 0.25) is 0 Å². The molecule has 2 aromatic rings. The van der Waals surface area contributed by atoms with E-state index in [0.717, 1.165) is 18.8 Å². The fraction of sp³-hybridized carbons (Fsp3) is 0.429. The van der Waals surface area contributed by atoms with Gasteiger partial charge in [0.25, 0.3) is 0 Å². The van der Waals surface area contributed by atoms with Crippen molar-refractivity contribution in [2.75, 3.05) is 6.54 Å². The van der Waals surface area contributed by atoms with E-state index in [-0.39, 0.29) is 0 Å². The number of nitrogens with zero attached hydrogens (tertiary/aromatic N) is 2. The third-order valence-corrected chi connectivity index (χ3v) is 3.02. The molecule has 1 unspecified atom stereocenters. The molecule has 0 aliphatic carbocycles. The van der Waals surface area contributed by atoms with Crippen LogP contribution in [0, 0.1) is 13.8 Å². The molecule has 1 heterocycles. The average Bonchev–Trinajstić information content (AvgIpc) is 2.80. The van der Waals surface area contributed by atoms with Crippen LogP contribution in [0.25, 0.3) is 0 Å². The predicted octanol–water partition coefficient (Wildman–Crippen LogP) is 2.31. The van der Waals surface area contributed by atoms with E-state index >= 15 is 0 Å². The summed E-state index contributed by atoms with van der Waals surface area (Å²) in [6.45, 7) is 7.35.